The molecule has 0 saturated carbocycles. The fraction of sp³-hybridized carbons (Fsp3) is 0.150. The van der Waals surface area contributed by atoms with E-state index in [2.05, 4.69) is 19.9 Å². The van der Waals surface area contributed by atoms with Crippen LogP contribution in [-0.2, 0) is 23.9 Å². The quantitative estimate of drug-likeness (QED) is 0.354. The molecule has 7 nitrogen and oxygen atoms in total. The monoisotopic (exact) mass is 445 g/mol. The number of alkyl halides is 3. The highest BCUT2D eigenvalue weighted by molar-refractivity contribution is 7.90. The minimum atomic E-state index is -4.73. The summed E-state index contributed by atoms with van der Waals surface area (Å²) in [6, 6.07) is 8.73. The first-order valence-electron chi connectivity index (χ1n) is 8.91. The van der Waals surface area contributed by atoms with E-state index in [1.54, 1.807) is 30.6 Å². The zero-order chi connectivity index (χ0) is 22.2. The lowest BCUT2D eigenvalue weighted by Crippen LogP contribution is -2.19. The van der Waals surface area contributed by atoms with Crippen molar-refractivity contribution in [3.05, 3.63) is 76.6 Å². The van der Waals surface area contributed by atoms with Crippen molar-refractivity contribution in [2.45, 2.75) is 17.9 Å². The van der Waals surface area contributed by atoms with Gasteiger partial charge < -0.3 is 9.12 Å². The van der Waals surface area contributed by atoms with E-state index in [9.17, 15) is 22.5 Å². The predicted molar refractivity (Wildman–Crippen MR) is 108 cm³/mol. The van der Waals surface area contributed by atoms with Gasteiger partial charge in [0.1, 0.15) is 6.26 Å². The number of hydrogen-bond acceptors (Lipinski definition) is 6. The molecule has 1 atom stereocenters. The molecule has 4 aromatic rings. The van der Waals surface area contributed by atoms with Crippen LogP contribution in [0.15, 0.2) is 64.9 Å². The molecule has 0 saturated heterocycles. The second-order valence-electron chi connectivity index (χ2n) is 6.64. The summed E-state index contributed by atoms with van der Waals surface area (Å²) in [7, 11) is 0. The van der Waals surface area contributed by atoms with Gasteiger partial charge in [-0.1, -0.05) is 6.07 Å². The number of halogens is 3. The number of benzene rings is 1. The Bertz CT molecular complexity index is 1320. The standard InChI is InChI=1S/C20H14F3N5O2S/c1-31(30)19-26-15(9-17(27-19)20(21,22)23)13-3-5-18(29)28(11-13)10-12-2-4-14-16(8-12)25-7-6-24-14/h2-9,11H,10H2,1H3. The molecule has 0 spiro atoms. The molecule has 3 aromatic heterocycles. The van der Waals surface area contributed by atoms with Crippen molar-refractivity contribution < 1.29 is 17.7 Å². The van der Waals surface area contributed by atoms with Crippen LogP contribution in [0.1, 0.15) is 11.3 Å². The Balaban J connectivity index is 1.75. The van der Waals surface area contributed by atoms with Crippen molar-refractivity contribution in [2.24, 2.45) is 0 Å². The first-order chi connectivity index (χ1) is 14.7. The fourth-order valence-corrected chi connectivity index (χ4v) is 3.41. The SMILES string of the molecule is C[S+]([O-])c1nc(-c2ccc(=O)n(Cc3ccc4nccnc4c3)c2)cc(C(F)(F)F)n1. The molecule has 1 unspecified atom stereocenters. The topological polar surface area (TPSA) is 96.6 Å². The lowest BCUT2D eigenvalue weighted by molar-refractivity contribution is -0.141. The van der Waals surface area contributed by atoms with Crippen molar-refractivity contribution >= 4 is 22.2 Å². The zero-order valence-electron chi connectivity index (χ0n) is 16.0. The van der Waals surface area contributed by atoms with E-state index in [0.717, 1.165) is 11.6 Å². The molecule has 0 aliphatic heterocycles. The van der Waals surface area contributed by atoms with E-state index in [0.29, 0.717) is 11.0 Å². The minimum absolute atomic E-state index is 0.0781. The molecule has 0 radical (unpaired) electrons. The van der Waals surface area contributed by atoms with Crippen LogP contribution in [0.25, 0.3) is 22.3 Å². The van der Waals surface area contributed by atoms with Crippen LogP contribution in [0, 0.1) is 0 Å². The molecule has 0 aliphatic rings. The summed E-state index contributed by atoms with van der Waals surface area (Å²) in [5.74, 6) is 0. The molecule has 1 aromatic carbocycles. The number of hydrogen-bond donors (Lipinski definition) is 0. The summed E-state index contributed by atoms with van der Waals surface area (Å²) in [5, 5.41) is -0.435. The highest BCUT2D eigenvalue weighted by Crippen LogP contribution is 2.30. The zero-order valence-corrected chi connectivity index (χ0v) is 16.8. The third kappa shape index (κ3) is 4.57. The Kier molecular flexibility index (Phi) is 5.46. The Hall–Kier alpha value is -3.31. The Morgan fingerprint density at radius 1 is 1.03 bits per heavy atom. The van der Waals surface area contributed by atoms with Crippen molar-refractivity contribution in [3.63, 3.8) is 0 Å². The average molecular weight is 445 g/mol. The van der Waals surface area contributed by atoms with Gasteiger partial charge in [-0.3, -0.25) is 14.8 Å². The highest BCUT2D eigenvalue weighted by atomic mass is 32.2. The van der Waals surface area contributed by atoms with Gasteiger partial charge in [0.2, 0.25) is 0 Å². The van der Waals surface area contributed by atoms with Crippen LogP contribution in [-0.4, -0.2) is 35.3 Å². The summed E-state index contributed by atoms with van der Waals surface area (Å²) in [5.41, 5.74) is 0.769. The molecule has 0 bridgehead atoms. The summed E-state index contributed by atoms with van der Waals surface area (Å²) in [6.07, 6.45) is 1.01. The summed E-state index contributed by atoms with van der Waals surface area (Å²) in [6.45, 7) is 0.170. The maximum atomic E-state index is 13.2. The predicted octanol–water partition coefficient (Wildman–Crippen LogP) is 3.05. The molecular formula is C20H14F3N5O2S. The number of fused-ring (bicyclic) bond motifs is 1. The minimum Gasteiger partial charge on any atom is -0.609 e. The second kappa shape index (κ2) is 8.08. The first-order valence-corrected chi connectivity index (χ1v) is 10.5. The van der Waals surface area contributed by atoms with Crippen LogP contribution in [0.4, 0.5) is 13.2 Å². The summed E-state index contributed by atoms with van der Waals surface area (Å²) in [4.78, 5) is 28.1. The number of rotatable bonds is 4. The van der Waals surface area contributed by atoms with Gasteiger partial charge in [0.25, 0.3) is 5.56 Å². The van der Waals surface area contributed by atoms with Crippen LogP contribution in [0.3, 0.4) is 0 Å². The average Bonchev–Trinajstić information content (AvgIpc) is 2.74. The van der Waals surface area contributed by atoms with Gasteiger partial charge in [-0.05, 0) is 29.8 Å². The number of nitrogens with zero attached hydrogens (tertiary/aromatic N) is 5. The van der Waals surface area contributed by atoms with E-state index in [-0.39, 0.29) is 23.4 Å². The molecule has 0 N–H and O–H groups in total. The van der Waals surface area contributed by atoms with E-state index in [1.807, 2.05) is 0 Å². The fourth-order valence-electron chi connectivity index (χ4n) is 2.96. The third-order valence-corrected chi connectivity index (χ3v) is 5.12. The van der Waals surface area contributed by atoms with E-state index in [1.165, 1.54) is 29.2 Å². The van der Waals surface area contributed by atoms with Gasteiger partial charge in [0.15, 0.2) is 5.69 Å². The molecular weight excluding hydrogens is 431 g/mol. The van der Waals surface area contributed by atoms with Crippen LogP contribution in [0.5, 0.6) is 0 Å². The van der Waals surface area contributed by atoms with Crippen LogP contribution >= 0.6 is 0 Å². The molecule has 4 rings (SSSR count). The van der Waals surface area contributed by atoms with Crippen molar-refractivity contribution in [1.82, 2.24) is 24.5 Å². The summed E-state index contributed by atoms with van der Waals surface area (Å²) < 4.78 is 52.8. The van der Waals surface area contributed by atoms with E-state index in [4.69, 9.17) is 0 Å². The first kappa shape index (κ1) is 20.9. The Morgan fingerprint density at radius 2 is 1.77 bits per heavy atom. The molecule has 11 heteroatoms. The normalized spacial score (nSPS) is 12.8. The Morgan fingerprint density at radius 3 is 2.48 bits per heavy atom. The van der Waals surface area contributed by atoms with Crippen LogP contribution in [0.2, 0.25) is 0 Å². The van der Waals surface area contributed by atoms with Gasteiger partial charge in [-0.25, -0.2) is 0 Å². The second-order valence-corrected chi connectivity index (χ2v) is 7.91. The third-order valence-electron chi connectivity index (χ3n) is 4.42. The Labute approximate surface area is 176 Å². The van der Waals surface area contributed by atoms with Crippen molar-refractivity contribution in [3.8, 4) is 11.3 Å². The largest absolute Gasteiger partial charge is 0.609 e. The van der Waals surface area contributed by atoms with Crippen molar-refractivity contribution in [1.29, 1.82) is 0 Å². The molecule has 31 heavy (non-hydrogen) atoms. The van der Waals surface area contributed by atoms with Gasteiger partial charge in [0.05, 0.1) is 23.3 Å². The number of aromatic nitrogens is 5. The number of pyridine rings is 1. The molecule has 0 amide bonds. The highest BCUT2D eigenvalue weighted by Gasteiger charge is 2.35. The maximum absolute atomic E-state index is 13.2. The molecule has 0 aliphatic carbocycles. The van der Waals surface area contributed by atoms with E-state index < -0.39 is 28.2 Å². The van der Waals surface area contributed by atoms with Gasteiger partial charge in [-0.2, -0.15) is 23.1 Å². The van der Waals surface area contributed by atoms with Crippen LogP contribution < -0.4 is 5.56 Å². The van der Waals surface area contributed by atoms with Gasteiger partial charge in [-0.15, -0.1) is 0 Å². The molecule has 3 heterocycles. The van der Waals surface area contributed by atoms with E-state index >= 15 is 0 Å². The lowest BCUT2D eigenvalue weighted by atomic mass is 10.1. The van der Waals surface area contributed by atoms with Gasteiger partial charge >= 0.3 is 11.3 Å². The van der Waals surface area contributed by atoms with Crippen molar-refractivity contribution in [2.75, 3.05) is 6.26 Å². The maximum Gasteiger partial charge on any atom is 0.433 e. The smallest absolute Gasteiger partial charge is 0.433 e. The summed E-state index contributed by atoms with van der Waals surface area (Å²) >= 11 is -1.82. The van der Waals surface area contributed by atoms with Gasteiger partial charge in [0, 0.05) is 41.4 Å². The lowest BCUT2D eigenvalue weighted by Gasteiger charge is -2.12. The molecule has 0 fully saturated rings. The molecule has 158 valence electrons.